The fourth-order valence-corrected chi connectivity index (χ4v) is 2.10. The predicted octanol–water partition coefficient (Wildman–Crippen LogP) is 3.95. The molecule has 21 heavy (non-hydrogen) atoms. The summed E-state index contributed by atoms with van der Waals surface area (Å²) in [6.07, 6.45) is 9.82. The average molecular weight is 284 g/mol. The second-order valence-corrected chi connectivity index (χ2v) is 4.59. The minimum atomic E-state index is 0.0317. The van der Waals surface area contributed by atoms with Gasteiger partial charge < -0.3 is 9.47 Å². The zero-order chi connectivity index (χ0) is 15.1. The third-order valence-electron chi connectivity index (χ3n) is 3.09. The van der Waals surface area contributed by atoms with E-state index in [1.165, 1.54) is 0 Å². The number of ketones is 1. The molecular formula is C18H20O3. The van der Waals surface area contributed by atoms with Crippen LogP contribution in [0.5, 0.6) is 11.5 Å². The first-order valence-electron chi connectivity index (χ1n) is 7.22. The molecule has 0 N–H and O–H groups in total. The highest BCUT2D eigenvalue weighted by molar-refractivity contribution is 6.07. The fraction of sp³-hybridized carbons (Fsp3) is 0.278. The van der Waals surface area contributed by atoms with Gasteiger partial charge in [-0.25, -0.2) is 0 Å². The quantitative estimate of drug-likeness (QED) is 0.711. The lowest BCUT2D eigenvalue weighted by molar-refractivity contribution is -0.111. The van der Waals surface area contributed by atoms with E-state index in [1.54, 1.807) is 12.2 Å². The summed E-state index contributed by atoms with van der Waals surface area (Å²) in [5.41, 5.74) is 1.66. The van der Waals surface area contributed by atoms with E-state index in [2.05, 4.69) is 0 Å². The molecule has 1 aliphatic rings. The minimum absolute atomic E-state index is 0.0317. The van der Waals surface area contributed by atoms with Crippen LogP contribution in [0.2, 0.25) is 0 Å². The lowest BCUT2D eigenvalue weighted by Gasteiger charge is -2.10. The first-order valence-corrected chi connectivity index (χ1v) is 7.22. The van der Waals surface area contributed by atoms with Crippen LogP contribution >= 0.6 is 0 Å². The van der Waals surface area contributed by atoms with Crippen molar-refractivity contribution in [1.29, 1.82) is 0 Å². The first-order chi connectivity index (χ1) is 10.2. The van der Waals surface area contributed by atoms with Gasteiger partial charge in [-0.2, -0.15) is 0 Å². The van der Waals surface area contributed by atoms with Gasteiger partial charge in [0.2, 0.25) is 0 Å². The van der Waals surface area contributed by atoms with Gasteiger partial charge in [0.05, 0.1) is 13.2 Å². The first kappa shape index (κ1) is 15.1. The Hall–Kier alpha value is -2.29. The van der Waals surface area contributed by atoms with Crippen LogP contribution in [0.3, 0.4) is 0 Å². The molecule has 1 aromatic rings. The van der Waals surface area contributed by atoms with Gasteiger partial charge in [0, 0.05) is 11.1 Å². The normalized spacial score (nSPS) is 13.5. The molecule has 2 rings (SSSR count). The summed E-state index contributed by atoms with van der Waals surface area (Å²) in [5.74, 6) is 1.56. The number of benzene rings is 1. The Labute approximate surface area is 125 Å². The summed E-state index contributed by atoms with van der Waals surface area (Å²) >= 11 is 0. The van der Waals surface area contributed by atoms with Gasteiger partial charge in [-0.3, -0.25) is 4.79 Å². The van der Waals surface area contributed by atoms with Crippen LogP contribution in [0.4, 0.5) is 0 Å². The van der Waals surface area contributed by atoms with Crippen molar-refractivity contribution in [2.45, 2.75) is 20.3 Å². The van der Waals surface area contributed by atoms with E-state index in [9.17, 15) is 4.79 Å². The maximum Gasteiger partial charge on any atom is 0.182 e. The standard InChI is InChI=1S/C18H20O3/c1-3-20-16-10-12-18(21-4-2)15(13-16)9-11-17(19)14-7-5-6-8-14/h5-7,9-13H,3-4,8H2,1-2H3/b11-9+. The Morgan fingerprint density at radius 2 is 2.05 bits per heavy atom. The number of carbonyl (C=O) groups excluding carboxylic acids is 1. The van der Waals surface area contributed by atoms with Crippen LogP contribution in [0, 0.1) is 0 Å². The largest absolute Gasteiger partial charge is 0.494 e. The monoisotopic (exact) mass is 284 g/mol. The molecule has 110 valence electrons. The van der Waals surface area contributed by atoms with Crippen LogP contribution in [0.15, 0.2) is 48.1 Å². The van der Waals surface area contributed by atoms with E-state index in [4.69, 9.17) is 9.47 Å². The average Bonchev–Trinajstić information content (AvgIpc) is 3.02. The Morgan fingerprint density at radius 1 is 1.24 bits per heavy atom. The molecule has 0 saturated carbocycles. The zero-order valence-corrected chi connectivity index (χ0v) is 12.5. The highest BCUT2D eigenvalue weighted by Crippen LogP contribution is 2.26. The smallest absolute Gasteiger partial charge is 0.182 e. The zero-order valence-electron chi connectivity index (χ0n) is 12.5. The molecule has 0 heterocycles. The van der Waals surface area contributed by atoms with Gasteiger partial charge in [-0.15, -0.1) is 0 Å². The van der Waals surface area contributed by atoms with Crippen molar-refractivity contribution in [2.24, 2.45) is 0 Å². The van der Waals surface area contributed by atoms with Crippen molar-refractivity contribution in [3.8, 4) is 11.5 Å². The van der Waals surface area contributed by atoms with Gasteiger partial charge >= 0.3 is 0 Å². The SMILES string of the molecule is CCOc1ccc(OCC)c(/C=C/C(=O)C2=CC=CC2)c1. The van der Waals surface area contributed by atoms with Gasteiger partial charge in [-0.05, 0) is 50.6 Å². The Balaban J connectivity index is 2.19. The van der Waals surface area contributed by atoms with E-state index in [0.717, 1.165) is 22.6 Å². The summed E-state index contributed by atoms with van der Waals surface area (Å²) in [4.78, 5) is 12.0. The third kappa shape index (κ3) is 4.09. The van der Waals surface area contributed by atoms with Crippen molar-refractivity contribution < 1.29 is 14.3 Å². The number of ether oxygens (including phenoxy) is 2. The lowest BCUT2D eigenvalue weighted by atomic mass is 10.1. The topological polar surface area (TPSA) is 35.5 Å². The van der Waals surface area contributed by atoms with Crippen molar-refractivity contribution in [2.75, 3.05) is 13.2 Å². The Morgan fingerprint density at radius 3 is 2.71 bits per heavy atom. The van der Waals surface area contributed by atoms with E-state index in [-0.39, 0.29) is 5.78 Å². The lowest BCUT2D eigenvalue weighted by Crippen LogP contribution is -1.98. The molecule has 1 aliphatic carbocycles. The molecule has 0 saturated heterocycles. The molecule has 0 fully saturated rings. The fourth-order valence-electron chi connectivity index (χ4n) is 2.10. The van der Waals surface area contributed by atoms with Crippen LogP contribution in [-0.2, 0) is 4.79 Å². The number of rotatable bonds is 7. The number of allylic oxidation sites excluding steroid dienone is 5. The third-order valence-corrected chi connectivity index (χ3v) is 3.09. The molecule has 0 unspecified atom stereocenters. The number of carbonyl (C=O) groups is 1. The highest BCUT2D eigenvalue weighted by atomic mass is 16.5. The molecule has 0 aromatic heterocycles. The second kappa shape index (κ2) is 7.48. The van der Waals surface area contributed by atoms with Crippen LogP contribution < -0.4 is 9.47 Å². The van der Waals surface area contributed by atoms with Crippen molar-refractivity contribution in [1.82, 2.24) is 0 Å². The molecule has 0 bridgehead atoms. The van der Waals surface area contributed by atoms with Crippen molar-refractivity contribution in [3.63, 3.8) is 0 Å². The molecule has 3 nitrogen and oxygen atoms in total. The molecular weight excluding hydrogens is 264 g/mol. The molecule has 0 amide bonds. The van der Waals surface area contributed by atoms with Gasteiger partial charge in [0.1, 0.15) is 11.5 Å². The van der Waals surface area contributed by atoms with Crippen LogP contribution in [0.25, 0.3) is 6.08 Å². The van der Waals surface area contributed by atoms with Crippen molar-refractivity contribution in [3.05, 3.63) is 53.6 Å². The van der Waals surface area contributed by atoms with Gasteiger partial charge in [0.15, 0.2) is 5.78 Å². The van der Waals surface area contributed by atoms with Crippen LogP contribution in [-0.4, -0.2) is 19.0 Å². The molecule has 0 aliphatic heterocycles. The van der Waals surface area contributed by atoms with E-state index < -0.39 is 0 Å². The van der Waals surface area contributed by atoms with Gasteiger partial charge in [-0.1, -0.05) is 18.2 Å². The maximum atomic E-state index is 12.0. The highest BCUT2D eigenvalue weighted by Gasteiger charge is 2.08. The van der Waals surface area contributed by atoms with Gasteiger partial charge in [0.25, 0.3) is 0 Å². The minimum Gasteiger partial charge on any atom is -0.494 e. The van der Waals surface area contributed by atoms with E-state index in [0.29, 0.717) is 19.6 Å². The van der Waals surface area contributed by atoms with E-state index >= 15 is 0 Å². The Kier molecular flexibility index (Phi) is 5.38. The predicted molar refractivity (Wildman–Crippen MR) is 84.7 cm³/mol. The summed E-state index contributed by atoms with van der Waals surface area (Å²) in [6, 6.07) is 5.63. The second-order valence-electron chi connectivity index (χ2n) is 4.59. The Bertz CT molecular complexity index is 594. The van der Waals surface area contributed by atoms with E-state index in [1.807, 2.05) is 50.3 Å². The summed E-state index contributed by atoms with van der Waals surface area (Å²) in [6.45, 7) is 5.06. The van der Waals surface area contributed by atoms with Crippen LogP contribution in [0.1, 0.15) is 25.8 Å². The maximum absolute atomic E-state index is 12.0. The molecule has 3 heteroatoms. The van der Waals surface area contributed by atoms with Crippen molar-refractivity contribution >= 4 is 11.9 Å². The number of hydrogen-bond donors (Lipinski definition) is 0. The summed E-state index contributed by atoms with van der Waals surface area (Å²) < 4.78 is 11.1. The summed E-state index contributed by atoms with van der Waals surface area (Å²) in [5, 5.41) is 0. The molecule has 0 radical (unpaired) electrons. The number of hydrogen-bond acceptors (Lipinski definition) is 3. The molecule has 1 aromatic carbocycles. The molecule has 0 spiro atoms. The summed E-state index contributed by atoms with van der Waals surface area (Å²) in [7, 11) is 0. The molecule has 0 atom stereocenters.